The van der Waals surface area contributed by atoms with Crippen molar-refractivity contribution in [1.82, 2.24) is 20.3 Å². The lowest BCUT2D eigenvalue weighted by molar-refractivity contribution is 0.345. The van der Waals surface area contributed by atoms with Crippen molar-refractivity contribution in [2.45, 2.75) is 18.9 Å². The maximum Gasteiger partial charge on any atom is 0.161 e. The smallest absolute Gasteiger partial charge is 0.161 e. The summed E-state index contributed by atoms with van der Waals surface area (Å²) < 4.78 is 28.0. The fourth-order valence-electron chi connectivity index (χ4n) is 2.25. The molecular weight excluding hydrogens is 226 g/mol. The van der Waals surface area contributed by atoms with Crippen LogP contribution in [0, 0.1) is 11.6 Å². The van der Waals surface area contributed by atoms with Crippen molar-refractivity contribution in [2.24, 2.45) is 0 Å². The maximum atomic E-state index is 13.2. The Morgan fingerprint density at radius 1 is 1.18 bits per heavy atom. The molecule has 1 saturated heterocycles. The fraction of sp³-hybridized carbons (Fsp3) is 0.455. The minimum absolute atomic E-state index is 0.214. The van der Waals surface area contributed by atoms with Crippen LogP contribution in [0.1, 0.15) is 18.9 Å². The van der Waals surface area contributed by atoms with E-state index in [2.05, 4.69) is 15.6 Å². The van der Waals surface area contributed by atoms with E-state index in [0.29, 0.717) is 11.0 Å². The van der Waals surface area contributed by atoms with Crippen LogP contribution in [0.3, 0.4) is 0 Å². The lowest BCUT2D eigenvalue weighted by Gasteiger charge is -2.22. The third-order valence-electron chi connectivity index (χ3n) is 3.17. The molecule has 0 unspecified atom stereocenters. The summed E-state index contributed by atoms with van der Waals surface area (Å²) >= 11 is 0. The zero-order chi connectivity index (χ0) is 11.8. The van der Waals surface area contributed by atoms with Crippen molar-refractivity contribution in [3.05, 3.63) is 23.8 Å². The topological polar surface area (TPSA) is 42.7 Å². The summed E-state index contributed by atoms with van der Waals surface area (Å²) in [6, 6.07) is 2.48. The normalized spacial score (nSPS) is 17.8. The number of halogens is 2. The summed E-state index contributed by atoms with van der Waals surface area (Å²) in [5.41, 5.74) is 0.971. The number of hydrogen-bond donors (Lipinski definition) is 1. The number of benzene rings is 1. The molecule has 3 rings (SSSR count). The van der Waals surface area contributed by atoms with E-state index in [4.69, 9.17) is 0 Å². The number of fused-ring (bicyclic) bond motifs is 1. The highest BCUT2D eigenvalue weighted by molar-refractivity contribution is 5.74. The Labute approximate surface area is 96.6 Å². The van der Waals surface area contributed by atoms with E-state index in [-0.39, 0.29) is 6.04 Å². The van der Waals surface area contributed by atoms with Gasteiger partial charge in [0.05, 0.1) is 11.6 Å². The molecule has 2 aromatic rings. The van der Waals surface area contributed by atoms with Gasteiger partial charge in [-0.15, -0.1) is 5.10 Å². The van der Waals surface area contributed by atoms with Crippen molar-refractivity contribution in [2.75, 3.05) is 13.1 Å². The molecule has 0 atom stereocenters. The zero-order valence-electron chi connectivity index (χ0n) is 9.16. The molecule has 0 bridgehead atoms. The van der Waals surface area contributed by atoms with Gasteiger partial charge in [-0.25, -0.2) is 13.5 Å². The number of aromatic nitrogens is 3. The molecule has 1 aromatic heterocycles. The number of rotatable bonds is 1. The molecule has 90 valence electrons. The molecule has 6 heteroatoms. The molecule has 0 radical (unpaired) electrons. The van der Waals surface area contributed by atoms with Crippen LogP contribution in [0.5, 0.6) is 0 Å². The number of hydrogen-bond acceptors (Lipinski definition) is 3. The van der Waals surface area contributed by atoms with E-state index in [1.807, 2.05) is 0 Å². The van der Waals surface area contributed by atoms with Crippen LogP contribution in [0.15, 0.2) is 12.1 Å². The molecule has 1 aliphatic rings. The standard InChI is InChI=1S/C11H12F2N4/c12-8-5-10-11(6-9(8)13)17(16-15-10)7-1-3-14-4-2-7/h5-7,14H,1-4H2. The maximum absolute atomic E-state index is 13.2. The van der Waals surface area contributed by atoms with Crippen molar-refractivity contribution in [3.63, 3.8) is 0 Å². The molecule has 4 nitrogen and oxygen atoms in total. The van der Waals surface area contributed by atoms with Crippen LogP contribution in [-0.2, 0) is 0 Å². The van der Waals surface area contributed by atoms with Crippen molar-refractivity contribution < 1.29 is 8.78 Å². The summed E-state index contributed by atoms with van der Waals surface area (Å²) in [5, 5.41) is 11.1. The monoisotopic (exact) mass is 238 g/mol. The fourth-order valence-corrected chi connectivity index (χ4v) is 2.25. The molecule has 1 fully saturated rings. The Balaban J connectivity index is 2.07. The van der Waals surface area contributed by atoms with Gasteiger partial charge in [0.15, 0.2) is 11.6 Å². The summed E-state index contributed by atoms with van der Waals surface area (Å²) in [5.74, 6) is -1.73. The van der Waals surface area contributed by atoms with Gasteiger partial charge in [0.1, 0.15) is 5.52 Å². The third kappa shape index (κ3) is 1.78. The molecule has 0 amide bonds. The van der Waals surface area contributed by atoms with Gasteiger partial charge in [-0.05, 0) is 25.9 Å². The molecule has 0 saturated carbocycles. The Morgan fingerprint density at radius 2 is 1.88 bits per heavy atom. The van der Waals surface area contributed by atoms with E-state index >= 15 is 0 Å². The molecular formula is C11H12F2N4. The van der Waals surface area contributed by atoms with Gasteiger partial charge in [0.25, 0.3) is 0 Å². The number of nitrogens with zero attached hydrogens (tertiary/aromatic N) is 3. The van der Waals surface area contributed by atoms with Gasteiger partial charge in [-0.1, -0.05) is 5.21 Å². The van der Waals surface area contributed by atoms with Crippen molar-refractivity contribution in [1.29, 1.82) is 0 Å². The van der Waals surface area contributed by atoms with E-state index in [1.165, 1.54) is 6.07 Å². The highest BCUT2D eigenvalue weighted by Crippen LogP contribution is 2.23. The predicted molar refractivity (Wildman–Crippen MR) is 58.6 cm³/mol. The quantitative estimate of drug-likeness (QED) is 0.821. The Kier molecular flexibility index (Phi) is 2.51. The van der Waals surface area contributed by atoms with Crippen LogP contribution < -0.4 is 5.32 Å². The molecule has 17 heavy (non-hydrogen) atoms. The van der Waals surface area contributed by atoms with Gasteiger partial charge in [-0.3, -0.25) is 0 Å². The average Bonchev–Trinajstić information content (AvgIpc) is 2.74. The minimum Gasteiger partial charge on any atom is -0.317 e. The number of nitrogens with one attached hydrogen (secondary N) is 1. The first kappa shape index (κ1) is 10.6. The minimum atomic E-state index is -0.880. The molecule has 0 spiro atoms. The lowest BCUT2D eigenvalue weighted by Crippen LogP contribution is -2.29. The van der Waals surface area contributed by atoms with Crippen molar-refractivity contribution >= 4 is 11.0 Å². The summed E-state index contributed by atoms with van der Waals surface area (Å²) in [7, 11) is 0. The molecule has 1 aliphatic heterocycles. The molecule has 1 aromatic carbocycles. The van der Waals surface area contributed by atoms with Gasteiger partial charge in [0.2, 0.25) is 0 Å². The first-order valence-corrected chi connectivity index (χ1v) is 5.66. The average molecular weight is 238 g/mol. The molecule has 2 heterocycles. The predicted octanol–water partition coefficient (Wildman–Crippen LogP) is 1.63. The second-order valence-electron chi connectivity index (χ2n) is 4.27. The first-order valence-electron chi connectivity index (χ1n) is 5.66. The van der Waals surface area contributed by atoms with Gasteiger partial charge >= 0.3 is 0 Å². The van der Waals surface area contributed by atoms with Gasteiger partial charge < -0.3 is 5.32 Å². The van der Waals surface area contributed by atoms with E-state index in [1.54, 1.807) is 4.68 Å². The van der Waals surface area contributed by atoms with Crippen molar-refractivity contribution in [3.8, 4) is 0 Å². The summed E-state index contributed by atoms with van der Waals surface area (Å²) in [4.78, 5) is 0. The SMILES string of the molecule is Fc1cc2nnn(C3CCNCC3)c2cc1F. The van der Waals surface area contributed by atoms with Gasteiger partial charge in [0, 0.05) is 12.1 Å². The van der Waals surface area contributed by atoms with Crippen LogP contribution >= 0.6 is 0 Å². The second kappa shape index (κ2) is 4.03. The molecule has 0 aliphatic carbocycles. The van der Waals surface area contributed by atoms with Crippen LogP contribution in [0.25, 0.3) is 11.0 Å². The highest BCUT2D eigenvalue weighted by Gasteiger charge is 2.19. The zero-order valence-corrected chi connectivity index (χ0v) is 9.16. The first-order chi connectivity index (χ1) is 8.25. The largest absolute Gasteiger partial charge is 0.317 e. The van der Waals surface area contributed by atoms with E-state index in [0.717, 1.165) is 32.0 Å². The Hall–Kier alpha value is -1.56. The number of piperidine rings is 1. The van der Waals surface area contributed by atoms with Crippen LogP contribution in [0.2, 0.25) is 0 Å². The second-order valence-corrected chi connectivity index (χ2v) is 4.27. The summed E-state index contributed by atoms with van der Waals surface area (Å²) in [6.45, 7) is 1.82. The van der Waals surface area contributed by atoms with Crippen LogP contribution in [0.4, 0.5) is 8.78 Å². The summed E-state index contributed by atoms with van der Waals surface area (Å²) in [6.07, 6.45) is 1.86. The van der Waals surface area contributed by atoms with E-state index < -0.39 is 11.6 Å². The molecule has 1 N–H and O–H groups in total. The Morgan fingerprint density at radius 3 is 2.65 bits per heavy atom. The Bertz CT molecular complexity index is 546. The van der Waals surface area contributed by atoms with E-state index in [9.17, 15) is 8.78 Å². The highest BCUT2D eigenvalue weighted by atomic mass is 19.2. The van der Waals surface area contributed by atoms with Crippen LogP contribution in [-0.4, -0.2) is 28.1 Å². The third-order valence-corrected chi connectivity index (χ3v) is 3.17. The van der Waals surface area contributed by atoms with Gasteiger partial charge in [-0.2, -0.15) is 0 Å². The lowest BCUT2D eigenvalue weighted by atomic mass is 10.1.